The zero-order valence-corrected chi connectivity index (χ0v) is 14.7. The number of fused-ring (bicyclic) bond motifs is 1. The summed E-state index contributed by atoms with van der Waals surface area (Å²) in [6.07, 6.45) is 7.13. The zero-order chi connectivity index (χ0) is 15.0. The molecule has 2 aliphatic rings. The third kappa shape index (κ3) is 3.14. The van der Waals surface area contributed by atoms with Gasteiger partial charge in [0.2, 0.25) is 0 Å². The van der Waals surface area contributed by atoms with Crippen LogP contribution in [0.3, 0.4) is 0 Å². The Morgan fingerprint density at radius 1 is 1.29 bits per heavy atom. The Morgan fingerprint density at radius 3 is 2.86 bits per heavy atom. The maximum absolute atomic E-state index is 6.51. The highest BCUT2D eigenvalue weighted by Crippen LogP contribution is 2.46. The van der Waals surface area contributed by atoms with E-state index >= 15 is 0 Å². The Hall–Kier alpha value is -0.540. The fourth-order valence-corrected chi connectivity index (χ4v) is 4.41. The van der Waals surface area contributed by atoms with Gasteiger partial charge in [-0.3, -0.25) is 0 Å². The summed E-state index contributed by atoms with van der Waals surface area (Å²) in [5.74, 6) is 2.61. The molecule has 1 heterocycles. The number of nitrogens with two attached hydrogens (primary N) is 1. The van der Waals surface area contributed by atoms with Gasteiger partial charge in [0.15, 0.2) is 0 Å². The Balaban J connectivity index is 1.83. The molecule has 21 heavy (non-hydrogen) atoms. The van der Waals surface area contributed by atoms with Crippen LogP contribution < -0.4 is 10.5 Å². The molecule has 1 aliphatic carbocycles. The first-order valence-electron chi connectivity index (χ1n) is 8.23. The van der Waals surface area contributed by atoms with Gasteiger partial charge in [0.1, 0.15) is 11.4 Å². The van der Waals surface area contributed by atoms with Crippen LogP contribution in [0.25, 0.3) is 0 Å². The van der Waals surface area contributed by atoms with Crippen LogP contribution in [0, 0.1) is 11.8 Å². The third-order valence-electron chi connectivity index (χ3n) is 5.41. The highest BCUT2D eigenvalue weighted by atomic mass is 79.9. The highest BCUT2D eigenvalue weighted by molar-refractivity contribution is 9.10. The first-order valence-corrected chi connectivity index (χ1v) is 9.02. The molecule has 1 fully saturated rings. The van der Waals surface area contributed by atoms with Crippen molar-refractivity contribution in [3.63, 3.8) is 0 Å². The van der Waals surface area contributed by atoms with Crippen molar-refractivity contribution in [2.75, 3.05) is 0 Å². The summed E-state index contributed by atoms with van der Waals surface area (Å²) in [5, 5.41) is 0. The van der Waals surface area contributed by atoms with Crippen LogP contribution in [0.2, 0.25) is 0 Å². The molecule has 0 radical (unpaired) electrons. The molecule has 2 unspecified atom stereocenters. The fourth-order valence-electron chi connectivity index (χ4n) is 4.07. The van der Waals surface area contributed by atoms with Gasteiger partial charge in [-0.1, -0.05) is 42.3 Å². The van der Waals surface area contributed by atoms with Gasteiger partial charge in [0.25, 0.3) is 0 Å². The highest BCUT2D eigenvalue weighted by Gasteiger charge is 2.41. The molecular weight excluding hydrogens is 326 g/mol. The van der Waals surface area contributed by atoms with Crippen LogP contribution in [0.15, 0.2) is 22.7 Å². The van der Waals surface area contributed by atoms with Crippen molar-refractivity contribution >= 4 is 15.9 Å². The molecule has 0 bridgehead atoms. The smallest absolute Gasteiger partial charge is 0.126 e. The van der Waals surface area contributed by atoms with Crippen LogP contribution in [0.5, 0.6) is 5.75 Å². The van der Waals surface area contributed by atoms with Crippen LogP contribution in [0.4, 0.5) is 0 Å². The molecule has 1 aliphatic heterocycles. The van der Waals surface area contributed by atoms with Crippen LogP contribution in [0.1, 0.15) is 64.0 Å². The van der Waals surface area contributed by atoms with Crippen molar-refractivity contribution in [3.05, 3.63) is 28.2 Å². The van der Waals surface area contributed by atoms with Gasteiger partial charge in [-0.05, 0) is 49.7 Å². The van der Waals surface area contributed by atoms with E-state index in [9.17, 15) is 0 Å². The molecule has 2 nitrogen and oxygen atoms in total. The van der Waals surface area contributed by atoms with E-state index in [1.807, 2.05) is 0 Å². The van der Waals surface area contributed by atoms with E-state index in [-0.39, 0.29) is 11.6 Å². The largest absolute Gasteiger partial charge is 0.487 e. The topological polar surface area (TPSA) is 35.2 Å². The average Bonchev–Trinajstić information content (AvgIpc) is 2.61. The van der Waals surface area contributed by atoms with E-state index in [1.54, 1.807) is 0 Å². The summed E-state index contributed by atoms with van der Waals surface area (Å²) in [7, 11) is 0. The van der Waals surface area contributed by atoms with Crippen LogP contribution >= 0.6 is 15.9 Å². The molecule has 0 saturated heterocycles. The summed E-state index contributed by atoms with van der Waals surface area (Å²) in [6.45, 7) is 4.70. The van der Waals surface area contributed by atoms with Gasteiger partial charge in [0, 0.05) is 22.5 Å². The molecule has 116 valence electrons. The monoisotopic (exact) mass is 351 g/mol. The Kier molecular flexibility index (Phi) is 4.33. The Bertz CT molecular complexity index is 516. The summed E-state index contributed by atoms with van der Waals surface area (Å²) in [6, 6.07) is 6.35. The molecular formula is C18H26BrNO. The van der Waals surface area contributed by atoms with E-state index in [0.717, 1.165) is 46.9 Å². The first kappa shape index (κ1) is 15.4. The maximum atomic E-state index is 6.51. The molecule has 0 aromatic heterocycles. The van der Waals surface area contributed by atoms with E-state index in [0.29, 0.717) is 0 Å². The van der Waals surface area contributed by atoms with Gasteiger partial charge >= 0.3 is 0 Å². The second-order valence-electron chi connectivity index (χ2n) is 7.21. The quantitative estimate of drug-likeness (QED) is 0.753. The van der Waals surface area contributed by atoms with Crippen LogP contribution in [-0.2, 0) is 0 Å². The second kappa shape index (κ2) is 5.92. The van der Waals surface area contributed by atoms with Crippen molar-refractivity contribution in [1.82, 2.24) is 0 Å². The lowest BCUT2D eigenvalue weighted by Crippen LogP contribution is -2.42. The van der Waals surface area contributed by atoms with Gasteiger partial charge < -0.3 is 10.5 Å². The van der Waals surface area contributed by atoms with Gasteiger partial charge in [-0.2, -0.15) is 0 Å². The molecule has 2 N–H and O–H groups in total. The van der Waals surface area contributed by atoms with Gasteiger partial charge in [-0.15, -0.1) is 0 Å². The van der Waals surface area contributed by atoms with Crippen molar-refractivity contribution in [2.24, 2.45) is 17.6 Å². The number of hydrogen-bond donors (Lipinski definition) is 1. The normalized spacial score (nSPS) is 32.6. The molecule has 3 rings (SSSR count). The third-order valence-corrected chi connectivity index (χ3v) is 5.91. The number of halogens is 1. The lowest BCUT2D eigenvalue weighted by Gasteiger charge is -2.41. The molecule has 1 spiro atoms. The first-order chi connectivity index (χ1) is 9.99. The standard InChI is InChI=1S/C18H26BrNO/c1-12(2)13-4-3-8-18(9-7-13)11-16(20)15-6-5-14(19)10-17(15)21-18/h5-6,10,12-13,16H,3-4,7-9,11,20H2,1-2H3/t13?,16-,18?/m1/s1. The number of benzene rings is 1. The van der Waals surface area contributed by atoms with Crippen molar-refractivity contribution < 1.29 is 4.74 Å². The Morgan fingerprint density at radius 2 is 2.10 bits per heavy atom. The predicted molar refractivity (Wildman–Crippen MR) is 90.5 cm³/mol. The van der Waals surface area contributed by atoms with Crippen molar-refractivity contribution in [1.29, 1.82) is 0 Å². The lowest BCUT2D eigenvalue weighted by atomic mass is 9.81. The fraction of sp³-hybridized carbons (Fsp3) is 0.667. The minimum absolute atomic E-state index is 0.0309. The minimum Gasteiger partial charge on any atom is -0.487 e. The molecule has 1 saturated carbocycles. The lowest BCUT2D eigenvalue weighted by molar-refractivity contribution is 0.0198. The zero-order valence-electron chi connectivity index (χ0n) is 13.1. The predicted octanol–water partition coefficient (Wildman–Crippen LogP) is 5.21. The molecule has 1 aromatic carbocycles. The van der Waals surface area contributed by atoms with E-state index in [2.05, 4.69) is 48.0 Å². The van der Waals surface area contributed by atoms with Crippen LogP contribution in [-0.4, -0.2) is 5.60 Å². The van der Waals surface area contributed by atoms with E-state index in [4.69, 9.17) is 10.5 Å². The average molecular weight is 352 g/mol. The van der Waals surface area contributed by atoms with E-state index in [1.165, 1.54) is 19.3 Å². The molecule has 1 aromatic rings. The molecule has 0 amide bonds. The SMILES string of the molecule is CC(C)C1CCCC2(CC1)C[C@@H](N)c1ccc(Br)cc1O2. The second-order valence-corrected chi connectivity index (χ2v) is 8.13. The van der Waals surface area contributed by atoms with E-state index < -0.39 is 0 Å². The number of hydrogen-bond acceptors (Lipinski definition) is 2. The summed E-state index contributed by atoms with van der Waals surface area (Å²) in [4.78, 5) is 0. The summed E-state index contributed by atoms with van der Waals surface area (Å²) >= 11 is 3.55. The number of rotatable bonds is 1. The molecule has 3 heteroatoms. The van der Waals surface area contributed by atoms with Crippen molar-refractivity contribution in [2.45, 2.75) is 64.0 Å². The molecule has 3 atom stereocenters. The summed E-state index contributed by atoms with van der Waals surface area (Å²) in [5.41, 5.74) is 7.58. The summed E-state index contributed by atoms with van der Waals surface area (Å²) < 4.78 is 7.58. The van der Waals surface area contributed by atoms with Gasteiger partial charge in [0.05, 0.1) is 0 Å². The Labute approximate surface area is 136 Å². The maximum Gasteiger partial charge on any atom is 0.126 e. The van der Waals surface area contributed by atoms with Crippen molar-refractivity contribution in [3.8, 4) is 5.75 Å². The van der Waals surface area contributed by atoms with Gasteiger partial charge in [-0.25, -0.2) is 0 Å². The number of ether oxygens (including phenoxy) is 1. The minimum atomic E-state index is -0.0309.